The van der Waals surface area contributed by atoms with Crippen molar-refractivity contribution in [2.24, 2.45) is 0 Å². The number of phosphoric acid groups is 2. The molecule has 0 aromatic heterocycles. The highest BCUT2D eigenvalue weighted by atomic mass is 31.2. The topological polar surface area (TPSA) is 237 Å². The summed E-state index contributed by atoms with van der Waals surface area (Å²) in [4.78, 5) is 73.2. The number of phosphoric ester groups is 2. The number of hydrogen-bond acceptors (Lipinski definition) is 15. The van der Waals surface area contributed by atoms with Gasteiger partial charge in [-0.2, -0.15) is 0 Å². The van der Waals surface area contributed by atoms with Crippen molar-refractivity contribution in [2.45, 2.75) is 303 Å². The Labute approximate surface area is 689 Å². The molecule has 0 aromatic rings. The Hall–Kier alpha value is -6.88. The van der Waals surface area contributed by atoms with Gasteiger partial charge in [0, 0.05) is 25.7 Å². The van der Waals surface area contributed by atoms with Gasteiger partial charge < -0.3 is 33.8 Å². The molecule has 0 spiro atoms. The van der Waals surface area contributed by atoms with E-state index < -0.39 is 97.5 Å². The van der Waals surface area contributed by atoms with Crippen molar-refractivity contribution in [3.8, 4) is 0 Å². The molecule has 0 heterocycles. The van der Waals surface area contributed by atoms with Gasteiger partial charge in [0.1, 0.15) is 19.3 Å². The summed E-state index contributed by atoms with van der Waals surface area (Å²) >= 11 is 0. The molecular weight excluding hydrogens is 1470 g/mol. The minimum Gasteiger partial charge on any atom is -0.462 e. The molecule has 0 bridgehead atoms. The standard InChI is InChI=1S/C95H148O17P2/c1-5-9-13-17-21-25-29-33-37-41-44-48-51-55-59-63-67-71-75-79-92(97)105-85-90(111-94(99)81-77-73-69-65-61-57-53-47-40-36-32-28-24-20-16-12-8-4)87-109-113(101,102)107-83-89(96)84-108-114(103,104)110-88-91(112-95(100)82-78-74-70-66-62-58-54-50-46-43-39-35-31-27-23-19-15-11-7-3)86-106-93(98)80-76-72-68-64-60-56-52-49-45-42-38-34-30-26-22-18-14-10-6-2/h11,15,21-28,33-40,44-46,48-50,53,55-60,62,65,67-69,71-72,89-91,96H,5-10,12-14,16-20,29-32,41-43,47,51-52,54,61,63-64,66,70,73-88H2,1-4H3,(H,101,102)(H,103,104)/b15-11-,25-21-,26-22-,27-23-,28-24-,37-33-,38-34-,39-35-,40-36-,48-44-,49-45-,50-46-,57-53-,59-55-,60-56-,62-58-,69-65-,71-67-,72-68-/t89-,90+,91+/m0/s1. The normalized spacial score (nSPS) is 14.9. The lowest BCUT2D eigenvalue weighted by Crippen LogP contribution is -2.30. The van der Waals surface area contributed by atoms with Gasteiger partial charge >= 0.3 is 39.5 Å². The van der Waals surface area contributed by atoms with E-state index in [1.807, 2.05) is 48.6 Å². The first-order valence-electron chi connectivity index (χ1n) is 42.6. The number of allylic oxidation sites excluding steroid dienone is 38. The molecule has 0 aliphatic rings. The van der Waals surface area contributed by atoms with E-state index in [-0.39, 0.29) is 25.7 Å². The van der Waals surface area contributed by atoms with Gasteiger partial charge in [0.05, 0.1) is 26.4 Å². The molecule has 0 radical (unpaired) electrons. The van der Waals surface area contributed by atoms with Gasteiger partial charge in [-0.15, -0.1) is 0 Å². The Morgan fingerprint density at radius 3 is 0.754 bits per heavy atom. The molecule has 0 aliphatic carbocycles. The lowest BCUT2D eigenvalue weighted by atomic mass is 10.1. The molecule has 2 unspecified atom stereocenters. The summed E-state index contributed by atoms with van der Waals surface area (Å²) in [6, 6.07) is 0. The largest absolute Gasteiger partial charge is 0.472 e. The van der Waals surface area contributed by atoms with Crippen LogP contribution in [0.1, 0.15) is 285 Å². The first-order valence-corrected chi connectivity index (χ1v) is 45.6. The number of carbonyl (C=O) groups is 4. The van der Waals surface area contributed by atoms with E-state index in [0.29, 0.717) is 44.9 Å². The van der Waals surface area contributed by atoms with Gasteiger partial charge in [0.25, 0.3) is 0 Å². The fraction of sp³-hybridized carbons (Fsp3) is 0.558. The number of rotatable bonds is 77. The molecule has 0 rings (SSSR count). The van der Waals surface area contributed by atoms with Crippen molar-refractivity contribution in [1.29, 1.82) is 0 Å². The summed E-state index contributed by atoms with van der Waals surface area (Å²) in [6.45, 7) is 4.37. The van der Waals surface area contributed by atoms with Crippen molar-refractivity contribution in [2.75, 3.05) is 39.6 Å². The van der Waals surface area contributed by atoms with Crippen LogP contribution in [0.5, 0.6) is 0 Å². The average Bonchev–Trinajstić information content (AvgIpc) is 0.901. The van der Waals surface area contributed by atoms with Crippen LogP contribution in [0.15, 0.2) is 231 Å². The lowest BCUT2D eigenvalue weighted by molar-refractivity contribution is -0.161. The summed E-state index contributed by atoms with van der Waals surface area (Å²) in [5, 5.41) is 10.7. The highest BCUT2D eigenvalue weighted by Crippen LogP contribution is 2.45. The number of aliphatic hydroxyl groups is 1. The van der Waals surface area contributed by atoms with E-state index in [2.05, 4.69) is 210 Å². The molecule has 0 fully saturated rings. The Morgan fingerprint density at radius 2 is 0.482 bits per heavy atom. The highest BCUT2D eigenvalue weighted by molar-refractivity contribution is 7.47. The number of unbranched alkanes of at least 4 members (excludes halogenated alkanes) is 13. The predicted molar refractivity (Wildman–Crippen MR) is 472 cm³/mol. The number of ether oxygens (including phenoxy) is 4. The summed E-state index contributed by atoms with van der Waals surface area (Å²) < 4.78 is 68.5. The van der Waals surface area contributed by atoms with Gasteiger partial charge in [-0.1, -0.05) is 304 Å². The Kier molecular flexibility index (Phi) is 79.0. The first kappa shape index (κ1) is 107. The average molecular weight is 1620 g/mol. The van der Waals surface area contributed by atoms with Crippen molar-refractivity contribution < 1.29 is 80.2 Å². The summed E-state index contributed by atoms with van der Waals surface area (Å²) in [5.74, 6) is -2.50. The van der Waals surface area contributed by atoms with Crippen LogP contribution in [0.2, 0.25) is 0 Å². The van der Waals surface area contributed by atoms with E-state index in [9.17, 15) is 43.2 Å². The SMILES string of the molecule is CC/C=C\C/C=C\C/C=C\C/C=C\C/C=C\CCCCCC(=O)O[C@H](COC(=O)CC/C=C\C/C=C\C/C=C\C/C=C\C/C=C\CCCCC)COP(=O)(O)OC[C@@H](O)COP(=O)(O)OC[C@@H](COC(=O)CC/C=C\C/C=C\C/C=C\C/C=C\C/C=C\CCCCC)OC(=O)CCC/C=C\C/C=C\C/C=C\C/C=C\CCCCC. The molecule has 640 valence electrons. The third kappa shape index (κ3) is 83.1. The number of esters is 4. The van der Waals surface area contributed by atoms with E-state index in [1.54, 1.807) is 0 Å². The molecule has 3 N–H and O–H groups in total. The predicted octanol–water partition coefficient (Wildman–Crippen LogP) is 25.8. The van der Waals surface area contributed by atoms with Crippen LogP contribution in [0.4, 0.5) is 0 Å². The van der Waals surface area contributed by atoms with Crippen molar-refractivity contribution in [3.63, 3.8) is 0 Å². The van der Waals surface area contributed by atoms with E-state index in [1.165, 1.54) is 57.8 Å². The fourth-order valence-corrected chi connectivity index (χ4v) is 11.7. The molecule has 5 atom stereocenters. The van der Waals surface area contributed by atoms with Crippen LogP contribution in [0, 0.1) is 0 Å². The minimum atomic E-state index is -5.03. The fourth-order valence-electron chi connectivity index (χ4n) is 10.1. The molecule has 17 nitrogen and oxygen atoms in total. The van der Waals surface area contributed by atoms with Gasteiger partial charge in [-0.25, -0.2) is 9.13 Å². The van der Waals surface area contributed by atoms with Crippen LogP contribution in [0.25, 0.3) is 0 Å². The Bertz CT molecular complexity index is 3070. The van der Waals surface area contributed by atoms with E-state index in [0.717, 1.165) is 128 Å². The second-order valence-electron chi connectivity index (χ2n) is 27.3. The zero-order chi connectivity index (χ0) is 83.1. The summed E-state index contributed by atoms with van der Waals surface area (Å²) in [6.07, 6.45) is 109. The van der Waals surface area contributed by atoms with Crippen molar-refractivity contribution >= 4 is 39.5 Å². The van der Waals surface area contributed by atoms with Crippen LogP contribution < -0.4 is 0 Å². The van der Waals surface area contributed by atoms with Gasteiger partial charge in [0.15, 0.2) is 12.2 Å². The number of hydrogen-bond donors (Lipinski definition) is 3. The number of aliphatic hydroxyl groups excluding tert-OH is 1. The molecule has 0 aromatic carbocycles. The van der Waals surface area contributed by atoms with Crippen LogP contribution in [-0.2, 0) is 65.4 Å². The highest BCUT2D eigenvalue weighted by Gasteiger charge is 2.30. The molecule has 0 saturated carbocycles. The molecule has 0 aliphatic heterocycles. The van der Waals surface area contributed by atoms with E-state index in [4.69, 9.17) is 37.0 Å². The quantitative estimate of drug-likeness (QED) is 0.0169. The smallest absolute Gasteiger partial charge is 0.462 e. The van der Waals surface area contributed by atoms with Crippen molar-refractivity contribution in [1.82, 2.24) is 0 Å². The molecule has 114 heavy (non-hydrogen) atoms. The monoisotopic (exact) mass is 1620 g/mol. The maximum Gasteiger partial charge on any atom is 0.472 e. The Morgan fingerprint density at radius 1 is 0.254 bits per heavy atom. The second kappa shape index (κ2) is 84.0. The van der Waals surface area contributed by atoms with Crippen LogP contribution >= 0.6 is 15.6 Å². The molecule has 0 saturated heterocycles. The van der Waals surface area contributed by atoms with Crippen LogP contribution in [-0.4, -0.2) is 96.7 Å². The third-order valence-corrected chi connectivity index (χ3v) is 18.5. The third-order valence-electron chi connectivity index (χ3n) is 16.6. The summed E-state index contributed by atoms with van der Waals surface area (Å²) in [7, 11) is -10.1. The zero-order valence-corrected chi connectivity index (χ0v) is 71.9. The lowest BCUT2D eigenvalue weighted by Gasteiger charge is -2.21. The minimum absolute atomic E-state index is 0.00911. The second-order valence-corrected chi connectivity index (χ2v) is 30.2. The van der Waals surface area contributed by atoms with E-state index >= 15 is 0 Å². The van der Waals surface area contributed by atoms with Crippen LogP contribution in [0.3, 0.4) is 0 Å². The van der Waals surface area contributed by atoms with Gasteiger partial charge in [0.2, 0.25) is 0 Å². The zero-order valence-electron chi connectivity index (χ0n) is 70.1. The molecular formula is C95H148O17P2. The maximum atomic E-state index is 13.1. The van der Waals surface area contributed by atoms with Gasteiger partial charge in [-0.05, 0) is 186 Å². The number of carbonyl (C=O) groups excluding carboxylic acids is 4. The first-order chi connectivity index (χ1) is 55.7. The maximum absolute atomic E-state index is 13.1. The van der Waals surface area contributed by atoms with Crippen molar-refractivity contribution in [3.05, 3.63) is 231 Å². The van der Waals surface area contributed by atoms with Gasteiger partial charge in [-0.3, -0.25) is 37.3 Å². The molecule has 0 amide bonds. The molecule has 19 heteroatoms. The summed E-state index contributed by atoms with van der Waals surface area (Å²) in [5.41, 5.74) is 0. The Balaban J connectivity index is 5.63.